The average molecular weight is 335 g/mol. The molecule has 2 rings (SSSR count). The summed E-state index contributed by atoms with van der Waals surface area (Å²) in [7, 11) is 0. The van der Waals surface area contributed by atoms with Gasteiger partial charge in [0.1, 0.15) is 5.60 Å². The molecule has 0 aromatic carbocycles. The number of nitrogen functional groups attached to an aromatic ring is 1. The molecule has 0 radical (unpaired) electrons. The number of amides is 1. The lowest BCUT2D eigenvalue weighted by Crippen LogP contribution is -2.41. The molecule has 1 amide bonds. The molecule has 0 bridgehead atoms. The number of anilines is 1. The molecule has 1 saturated heterocycles. The van der Waals surface area contributed by atoms with Gasteiger partial charge in [0.15, 0.2) is 0 Å². The van der Waals surface area contributed by atoms with Crippen LogP contribution in [0.25, 0.3) is 0 Å². The molecule has 1 aromatic heterocycles. The van der Waals surface area contributed by atoms with Gasteiger partial charge in [-0.1, -0.05) is 20.8 Å². The van der Waals surface area contributed by atoms with E-state index in [1.165, 1.54) is 0 Å². The minimum atomic E-state index is -0.442. The number of carbonyl (C=O) groups is 1. The molecular weight excluding hydrogens is 302 g/mol. The first-order valence-electron chi connectivity index (χ1n) is 9.02. The number of carbonyl (C=O) groups excluding carboxylic acids is 1. The number of piperidine rings is 1. The Morgan fingerprint density at radius 3 is 2.42 bits per heavy atom. The minimum Gasteiger partial charge on any atom is -0.444 e. The molecular formula is C19H33N3O2. The zero-order chi connectivity index (χ0) is 18.3. The third kappa shape index (κ3) is 5.69. The highest BCUT2D eigenvalue weighted by atomic mass is 16.6. The number of nitrogens with two attached hydrogens (primary N) is 1. The quantitative estimate of drug-likeness (QED) is 0.871. The summed E-state index contributed by atoms with van der Waals surface area (Å²) in [6.45, 7) is 13.2. The highest BCUT2D eigenvalue weighted by Crippen LogP contribution is 2.29. The van der Waals surface area contributed by atoms with Gasteiger partial charge in [-0.25, -0.2) is 4.79 Å². The van der Waals surface area contributed by atoms with Crippen LogP contribution < -0.4 is 5.73 Å². The largest absolute Gasteiger partial charge is 0.444 e. The molecule has 5 heteroatoms. The first-order valence-corrected chi connectivity index (χ1v) is 9.02. The molecule has 0 saturated carbocycles. The van der Waals surface area contributed by atoms with Crippen molar-refractivity contribution in [1.82, 2.24) is 9.88 Å². The number of likely N-dealkylation sites (tertiary alicyclic amines) is 1. The fourth-order valence-electron chi connectivity index (χ4n) is 2.74. The van der Waals surface area contributed by atoms with E-state index in [0.717, 1.165) is 36.2 Å². The van der Waals surface area contributed by atoms with Gasteiger partial charge >= 0.3 is 6.09 Å². The molecule has 136 valence electrons. The van der Waals surface area contributed by atoms with Crippen LogP contribution in [-0.2, 0) is 11.2 Å². The smallest absolute Gasteiger partial charge is 0.410 e. The van der Waals surface area contributed by atoms with Crippen molar-refractivity contribution in [3.05, 3.63) is 23.5 Å². The lowest BCUT2D eigenvalue weighted by Gasteiger charge is -2.33. The summed E-state index contributed by atoms with van der Waals surface area (Å²) in [5.41, 5.74) is 8.48. The maximum Gasteiger partial charge on any atom is 0.410 e. The highest BCUT2D eigenvalue weighted by molar-refractivity contribution is 5.68. The Bertz CT molecular complexity index is 530. The van der Waals surface area contributed by atoms with Crippen LogP contribution in [0.5, 0.6) is 0 Å². The van der Waals surface area contributed by atoms with Crippen molar-refractivity contribution in [2.45, 2.75) is 72.3 Å². The Kier molecular flexibility index (Phi) is 7.52. The van der Waals surface area contributed by atoms with E-state index in [2.05, 4.69) is 18.0 Å². The van der Waals surface area contributed by atoms with E-state index in [9.17, 15) is 4.79 Å². The summed E-state index contributed by atoms with van der Waals surface area (Å²) >= 11 is 0. The van der Waals surface area contributed by atoms with Gasteiger partial charge < -0.3 is 15.4 Å². The van der Waals surface area contributed by atoms with Gasteiger partial charge in [-0.15, -0.1) is 0 Å². The second kappa shape index (κ2) is 8.90. The highest BCUT2D eigenvalue weighted by Gasteiger charge is 2.28. The van der Waals surface area contributed by atoms with Crippen molar-refractivity contribution >= 4 is 11.8 Å². The van der Waals surface area contributed by atoms with E-state index in [0.29, 0.717) is 19.0 Å². The molecule has 1 fully saturated rings. The second-order valence-corrected chi connectivity index (χ2v) is 6.90. The maximum absolute atomic E-state index is 12.1. The number of aromatic nitrogens is 1. The number of aryl methyl sites for hydroxylation is 1. The van der Waals surface area contributed by atoms with E-state index in [-0.39, 0.29) is 6.09 Å². The van der Waals surface area contributed by atoms with Crippen LogP contribution >= 0.6 is 0 Å². The van der Waals surface area contributed by atoms with E-state index in [1.807, 2.05) is 34.6 Å². The third-order valence-electron chi connectivity index (χ3n) is 3.99. The van der Waals surface area contributed by atoms with Crippen molar-refractivity contribution < 1.29 is 9.53 Å². The molecule has 24 heavy (non-hydrogen) atoms. The average Bonchev–Trinajstić information content (AvgIpc) is 2.56. The number of rotatable bonds is 2. The molecule has 2 heterocycles. The number of ether oxygens (including phenoxy) is 1. The Morgan fingerprint density at radius 2 is 1.92 bits per heavy atom. The van der Waals surface area contributed by atoms with Crippen molar-refractivity contribution in [3.8, 4) is 0 Å². The topological polar surface area (TPSA) is 68.5 Å². The molecule has 0 aliphatic carbocycles. The zero-order valence-corrected chi connectivity index (χ0v) is 16.1. The third-order valence-corrected chi connectivity index (χ3v) is 3.99. The van der Waals surface area contributed by atoms with E-state index in [4.69, 9.17) is 10.5 Å². The fourth-order valence-corrected chi connectivity index (χ4v) is 2.74. The minimum absolute atomic E-state index is 0.217. The first-order chi connectivity index (χ1) is 11.3. The Hall–Kier alpha value is -1.78. The number of nitrogens with zero attached hydrogens (tertiary/aromatic N) is 2. The van der Waals surface area contributed by atoms with Gasteiger partial charge in [0.05, 0.1) is 11.9 Å². The van der Waals surface area contributed by atoms with Crippen LogP contribution in [-0.4, -0.2) is 34.7 Å². The summed E-state index contributed by atoms with van der Waals surface area (Å²) in [6.07, 6.45) is 4.29. The van der Waals surface area contributed by atoms with Crippen LogP contribution in [0.4, 0.5) is 10.5 Å². The van der Waals surface area contributed by atoms with Gasteiger partial charge in [0.25, 0.3) is 0 Å². The van der Waals surface area contributed by atoms with Gasteiger partial charge in [-0.3, -0.25) is 4.98 Å². The lowest BCUT2D eigenvalue weighted by molar-refractivity contribution is 0.0204. The molecule has 0 unspecified atom stereocenters. The summed E-state index contributed by atoms with van der Waals surface area (Å²) in [4.78, 5) is 18.3. The molecule has 0 spiro atoms. The predicted octanol–water partition coefficient (Wildman–Crippen LogP) is 4.37. The Morgan fingerprint density at radius 1 is 1.33 bits per heavy atom. The van der Waals surface area contributed by atoms with Crippen molar-refractivity contribution in [1.29, 1.82) is 0 Å². The molecule has 2 N–H and O–H groups in total. The van der Waals surface area contributed by atoms with E-state index in [1.54, 1.807) is 11.1 Å². The second-order valence-electron chi connectivity index (χ2n) is 6.90. The van der Waals surface area contributed by atoms with Gasteiger partial charge in [-0.05, 0) is 51.7 Å². The fraction of sp³-hybridized carbons (Fsp3) is 0.684. The Labute approximate surface area is 146 Å². The van der Waals surface area contributed by atoms with Crippen LogP contribution in [0.1, 0.15) is 71.6 Å². The van der Waals surface area contributed by atoms with Crippen LogP contribution in [0, 0.1) is 0 Å². The lowest BCUT2D eigenvalue weighted by atomic mass is 9.92. The van der Waals surface area contributed by atoms with E-state index >= 15 is 0 Å². The summed E-state index contributed by atoms with van der Waals surface area (Å²) < 4.78 is 5.43. The summed E-state index contributed by atoms with van der Waals surface area (Å²) in [5, 5.41) is 0. The van der Waals surface area contributed by atoms with Gasteiger partial charge in [0.2, 0.25) is 0 Å². The SMILES string of the molecule is CC.CCc1cc(C2CCN(C(=O)OC(C)(C)C)CC2)ncc1N. The van der Waals surface area contributed by atoms with Gasteiger partial charge in [-0.2, -0.15) is 0 Å². The van der Waals surface area contributed by atoms with Crippen molar-refractivity contribution in [3.63, 3.8) is 0 Å². The predicted molar refractivity (Wildman–Crippen MR) is 99.2 cm³/mol. The maximum atomic E-state index is 12.1. The van der Waals surface area contributed by atoms with Crippen LogP contribution in [0.2, 0.25) is 0 Å². The molecule has 5 nitrogen and oxygen atoms in total. The molecule has 1 aromatic rings. The van der Waals surface area contributed by atoms with Crippen LogP contribution in [0.3, 0.4) is 0 Å². The zero-order valence-electron chi connectivity index (χ0n) is 16.1. The monoisotopic (exact) mass is 335 g/mol. The number of hydrogen-bond donors (Lipinski definition) is 1. The molecule has 0 atom stereocenters. The Balaban J connectivity index is 0.00000139. The van der Waals surface area contributed by atoms with E-state index < -0.39 is 5.60 Å². The number of pyridine rings is 1. The first kappa shape index (κ1) is 20.3. The summed E-state index contributed by atoms with van der Waals surface area (Å²) in [5.74, 6) is 0.393. The van der Waals surface area contributed by atoms with Crippen molar-refractivity contribution in [2.24, 2.45) is 0 Å². The molecule has 1 aliphatic heterocycles. The number of hydrogen-bond acceptors (Lipinski definition) is 4. The standard InChI is InChI=1S/C17H27N3O2.C2H6/c1-5-12-10-15(19-11-14(12)18)13-6-8-20(9-7-13)16(21)22-17(2,3)4;1-2/h10-11,13H,5-9,18H2,1-4H3;1-2H3. The van der Waals surface area contributed by atoms with Gasteiger partial charge in [0, 0.05) is 24.7 Å². The summed E-state index contributed by atoms with van der Waals surface area (Å²) in [6, 6.07) is 2.11. The van der Waals surface area contributed by atoms with Crippen LogP contribution in [0.15, 0.2) is 12.3 Å². The van der Waals surface area contributed by atoms with Crippen molar-refractivity contribution in [2.75, 3.05) is 18.8 Å². The normalized spacial score (nSPS) is 15.5. The molecule has 1 aliphatic rings.